The number of nitrogens with zero attached hydrogens (tertiary/aromatic N) is 1. The molecular formula is C18H20N2O5. The second-order valence-corrected chi connectivity index (χ2v) is 5.99. The van der Waals surface area contributed by atoms with Crippen LogP contribution in [0.15, 0.2) is 35.1 Å². The van der Waals surface area contributed by atoms with Crippen molar-refractivity contribution in [3.63, 3.8) is 0 Å². The van der Waals surface area contributed by atoms with E-state index in [1.807, 2.05) is 0 Å². The van der Waals surface area contributed by atoms with Gasteiger partial charge in [-0.05, 0) is 17.5 Å². The summed E-state index contributed by atoms with van der Waals surface area (Å²) in [4.78, 5) is 22.2. The molecule has 2 aliphatic heterocycles. The lowest BCUT2D eigenvalue weighted by Gasteiger charge is -2.11. The van der Waals surface area contributed by atoms with E-state index in [0.717, 1.165) is 32.5 Å². The molecule has 1 amide bonds. The van der Waals surface area contributed by atoms with E-state index in [1.54, 1.807) is 0 Å². The molecule has 0 spiro atoms. The van der Waals surface area contributed by atoms with Crippen LogP contribution in [0, 0.1) is 5.92 Å². The van der Waals surface area contributed by atoms with Gasteiger partial charge >= 0.3 is 0 Å². The normalized spacial score (nSPS) is 18.2. The summed E-state index contributed by atoms with van der Waals surface area (Å²) in [6, 6.07) is 8.43. The highest BCUT2D eigenvalue weighted by Crippen LogP contribution is 2.13. The Morgan fingerprint density at radius 3 is 2.72 bits per heavy atom. The van der Waals surface area contributed by atoms with Crippen LogP contribution in [0.1, 0.15) is 38.4 Å². The van der Waals surface area contributed by atoms with Crippen LogP contribution >= 0.6 is 0 Å². The molecule has 1 aromatic heterocycles. The van der Waals surface area contributed by atoms with Crippen molar-refractivity contribution in [1.82, 2.24) is 10.5 Å². The van der Waals surface area contributed by atoms with Crippen LogP contribution in [0.2, 0.25) is 0 Å². The average molecular weight is 344 g/mol. The molecule has 2 aromatic rings. The number of aldehydes is 1. The van der Waals surface area contributed by atoms with Gasteiger partial charge in [0, 0.05) is 19.1 Å². The molecule has 132 valence electrons. The number of carbonyl (C=O) groups is 2. The molecule has 1 aromatic carbocycles. The largest absolute Gasteiger partial charge is 0.381 e. The Morgan fingerprint density at radius 1 is 1.28 bits per heavy atom. The number of rotatable bonds is 4. The molecule has 1 atom stereocenters. The monoisotopic (exact) mass is 344 g/mol. The van der Waals surface area contributed by atoms with Crippen molar-refractivity contribution < 1.29 is 23.6 Å². The van der Waals surface area contributed by atoms with Gasteiger partial charge in [-0.25, -0.2) is 0 Å². The number of nitrogens with one attached hydrogen (secondary N) is 1. The molecule has 1 fully saturated rings. The highest BCUT2D eigenvalue weighted by Gasteiger charge is 2.19. The minimum Gasteiger partial charge on any atom is -0.381 e. The first-order chi connectivity index (χ1) is 12.3. The molecule has 0 radical (unpaired) electrons. The summed E-state index contributed by atoms with van der Waals surface area (Å²) in [6.45, 7) is 3.51. The van der Waals surface area contributed by atoms with Gasteiger partial charge in [0.15, 0.2) is 12.0 Å². The zero-order valence-corrected chi connectivity index (χ0v) is 13.8. The second kappa shape index (κ2) is 8.55. The Hall–Kier alpha value is -2.51. The zero-order chi connectivity index (χ0) is 17.5. The number of fused-ring (bicyclic) bond motifs is 2. The number of carbonyl (C=O) groups excluding carboxylic acids is 2. The third-order valence-corrected chi connectivity index (χ3v) is 4.04. The topological polar surface area (TPSA) is 90.7 Å². The number of hydrogen-bond acceptors (Lipinski definition) is 6. The van der Waals surface area contributed by atoms with Gasteiger partial charge in [-0.2, -0.15) is 0 Å². The summed E-state index contributed by atoms with van der Waals surface area (Å²) in [7, 11) is 0. The lowest BCUT2D eigenvalue weighted by Crippen LogP contribution is -2.30. The SMILES string of the molecule is O=Cc1conc1C(=O)NCC1CCOC1.c1cc2cc(c1)COC2. The maximum absolute atomic E-state index is 11.6. The van der Waals surface area contributed by atoms with Gasteiger partial charge in [-0.1, -0.05) is 29.4 Å². The van der Waals surface area contributed by atoms with Crippen molar-refractivity contribution in [2.75, 3.05) is 19.8 Å². The van der Waals surface area contributed by atoms with E-state index >= 15 is 0 Å². The van der Waals surface area contributed by atoms with E-state index in [2.05, 4.69) is 39.3 Å². The molecule has 1 saturated heterocycles. The molecule has 1 N–H and O–H groups in total. The van der Waals surface area contributed by atoms with Crippen LogP contribution in [0.4, 0.5) is 0 Å². The van der Waals surface area contributed by atoms with Gasteiger partial charge in [-0.3, -0.25) is 9.59 Å². The molecule has 1 unspecified atom stereocenters. The first kappa shape index (κ1) is 17.3. The number of ether oxygens (including phenoxy) is 2. The lowest BCUT2D eigenvalue weighted by molar-refractivity contribution is 0.0931. The van der Waals surface area contributed by atoms with Crippen molar-refractivity contribution in [3.05, 3.63) is 52.9 Å². The lowest BCUT2D eigenvalue weighted by atomic mass is 10.1. The predicted molar refractivity (Wildman–Crippen MR) is 88.1 cm³/mol. The highest BCUT2D eigenvalue weighted by atomic mass is 16.5. The van der Waals surface area contributed by atoms with Gasteiger partial charge < -0.3 is 19.3 Å². The predicted octanol–water partition coefficient (Wildman–Crippen LogP) is 1.97. The third-order valence-electron chi connectivity index (χ3n) is 4.04. The smallest absolute Gasteiger partial charge is 0.274 e. The summed E-state index contributed by atoms with van der Waals surface area (Å²) >= 11 is 0. The van der Waals surface area contributed by atoms with Crippen molar-refractivity contribution in [1.29, 1.82) is 0 Å². The maximum Gasteiger partial charge on any atom is 0.274 e. The quantitative estimate of drug-likeness (QED) is 0.853. The van der Waals surface area contributed by atoms with E-state index in [0.29, 0.717) is 25.4 Å². The second-order valence-electron chi connectivity index (χ2n) is 5.99. The van der Waals surface area contributed by atoms with Crippen LogP contribution in [0.3, 0.4) is 0 Å². The molecule has 7 nitrogen and oxygen atoms in total. The number of hydrogen-bond donors (Lipinski definition) is 1. The number of aromatic nitrogens is 1. The third kappa shape index (κ3) is 4.74. The van der Waals surface area contributed by atoms with Gasteiger partial charge in [0.25, 0.3) is 5.91 Å². The fourth-order valence-electron chi connectivity index (χ4n) is 2.66. The van der Waals surface area contributed by atoms with E-state index in [1.165, 1.54) is 11.1 Å². The summed E-state index contributed by atoms with van der Waals surface area (Å²) in [6.07, 6.45) is 2.64. The molecule has 0 aliphatic carbocycles. The Balaban J connectivity index is 0.000000170. The molecule has 4 rings (SSSR count). The van der Waals surface area contributed by atoms with Crippen molar-refractivity contribution >= 4 is 12.2 Å². The Bertz CT molecular complexity index is 703. The average Bonchev–Trinajstić information content (AvgIpc) is 3.32. The minimum absolute atomic E-state index is 0.0360. The van der Waals surface area contributed by atoms with E-state index < -0.39 is 0 Å². The standard InChI is InChI=1S/C10H12N2O4.C8H8O/c13-4-8-6-16-12-9(8)10(14)11-3-7-1-2-15-5-7;1-2-7-4-8(3-1)6-9-5-7/h4,6-7H,1-3,5H2,(H,11,14);1-4H,5-6H2. The van der Waals surface area contributed by atoms with Gasteiger partial charge in [0.1, 0.15) is 6.26 Å². The number of amides is 1. The summed E-state index contributed by atoms with van der Waals surface area (Å²) < 4.78 is 15.0. The molecule has 25 heavy (non-hydrogen) atoms. The number of benzene rings is 1. The van der Waals surface area contributed by atoms with Gasteiger partial charge in [-0.15, -0.1) is 0 Å². The molecule has 0 saturated carbocycles. The Kier molecular flexibility index (Phi) is 5.92. The summed E-state index contributed by atoms with van der Waals surface area (Å²) in [5.74, 6) is -0.0433. The summed E-state index contributed by atoms with van der Waals surface area (Å²) in [5.41, 5.74) is 2.78. The highest BCUT2D eigenvalue weighted by molar-refractivity contribution is 5.99. The van der Waals surface area contributed by atoms with E-state index in [4.69, 9.17) is 9.47 Å². The van der Waals surface area contributed by atoms with Crippen molar-refractivity contribution in [2.24, 2.45) is 5.92 Å². The minimum atomic E-state index is -0.386. The Labute approximate surface area is 145 Å². The van der Waals surface area contributed by atoms with Crippen molar-refractivity contribution in [3.8, 4) is 0 Å². The fourth-order valence-corrected chi connectivity index (χ4v) is 2.66. The first-order valence-electron chi connectivity index (χ1n) is 8.17. The molecule has 7 heteroatoms. The molecule has 2 bridgehead atoms. The zero-order valence-electron chi connectivity index (χ0n) is 13.8. The van der Waals surface area contributed by atoms with Crippen LogP contribution < -0.4 is 5.32 Å². The summed E-state index contributed by atoms with van der Waals surface area (Å²) in [5, 5.41) is 6.18. The van der Waals surface area contributed by atoms with Crippen LogP contribution in [0.25, 0.3) is 0 Å². The molecule has 3 heterocycles. The van der Waals surface area contributed by atoms with Crippen LogP contribution in [-0.4, -0.2) is 37.1 Å². The molecular weight excluding hydrogens is 324 g/mol. The fraction of sp³-hybridized carbons (Fsp3) is 0.389. The van der Waals surface area contributed by atoms with Gasteiger partial charge in [0.05, 0.1) is 25.4 Å². The molecule has 2 aliphatic rings. The Morgan fingerprint density at radius 2 is 2.08 bits per heavy atom. The first-order valence-corrected chi connectivity index (χ1v) is 8.17. The van der Waals surface area contributed by atoms with Crippen LogP contribution in [0.5, 0.6) is 0 Å². The van der Waals surface area contributed by atoms with Crippen LogP contribution in [-0.2, 0) is 22.7 Å². The maximum atomic E-state index is 11.6. The van der Waals surface area contributed by atoms with Gasteiger partial charge in [0.2, 0.25) is 0 Å². The van der Waals surface area contributed by atoms with E-state index in [9.17, 15) is 9.59 Å². The van der Waals surface area contributed by atoms with Crippen molar-refractivity contribution in [2.45, 2.75) is 19.6 Å². The van der Waals surface area contributed by atoms with E-state index in [-0.39, 0.29) is 17.2 Å².